The summed E-state index contributed by atoms with van der Waals surface area (Å²) in [5, 5.41) is 33.6. The molecule has 3 aliphatic rings. The number of fused-ring (bicyclic) bond motifs is 1. The monoisotopic (exact) mass is 467 g/mol. The third-order valence-electron chi connectivity index (χ3n) is 7.97. The number of amides is 1. The minimum atomic E-state index is -1.00. The molecule has 34 heavy (non-hydrogen) atoms. The zero-order chi connectivity index (χ0) is 25.4. The first-order valence-electron chi connectivity index (χ1n) is 12.1. The van der Waals surface area contributed by atoms with Crippen molar-refractivity contribution >= 4 is 11.9 Å². The third kappa shape index (κ3) is 4.25. The minimum absolute atomic E-state index is 0.0404. The molecule has 4 N–H and O–H groups in total. The molecule has 6 heteroatoms. The van der Waals surface area contributed by atoms with E-state index < -0.39 is 23.4 Å². The van der Waals surface area contributed by atoms with Gasteiger partial charge in [-0.3, -0.25) is 9.59 Å². The van der Waals surface area contributed by atoms with E-state index in [9.17, 15) is 24.9 Å². The lowest BCUT2D eigenvalue weighted by atomic mass is 9.55. The molecule has 0 aromatic carbocycles. The number of carboxylic acid groups (broad SMARTS) is 1. The highest BCUT2D eigenvalue weighted by Crippen LogP contribution is 2.58. The molecule has 1 aliphatic heterocycles. The fraction of sp³-hybridized carbons (Fsp3) is 0.500. The van der Waals surface area contributed by atoms with E-state index in [4.69, 9.17) is 0 Å². The van der Waals surface area contributed by atoms with E-state index in [-0.39, 0.29) is 23.8 Å². The molecule has 0 aromatic rings. The predicted molar refractivity (Wildman–Crippen MR) is 132 cm³/mol. The summed E-state index contributed by atoms with van der Waals surface area (Å²) in [4.78, 5) is 25.5. The maximum Gasteiger partial charge on any atom is 0.312 e. The van der Waals surface area contributed by atoms with Crippen molar-refractivity contribution in [1.82, 2.24) is 5.32 Å². The Morgan fingerprint density at radius 3 is 2.59 bits per heavy atom. The van der Waals surface area contributed by atoms with Crippen molar-refractivity contribution in [3.63, 3.8) is 0 Å². The summed E-state index contributed by atoms with van der Waals surface area (Å²) in [6.07, 6.45) is 10.3. The first-order chi connectivity index (χ1) is 16.0. The lowest BCUT2D eigenvalue weighted by Gasteiger charge is -2.47. The Labute approximate surface area is 202 Å². The van der Waals surface area contributed by atoms with Crippen LogP contribution in [0.3, 0.4) is 0 Å². The molecule has 184 valence electrons. The van der Waals surface area contributed by atoms with Gasteiger partial charge in [-0.1, -0.05) is 75.8 Å². The molecule has 0 radical (unpaired) electrons. The molecule has 1 heterocycles. The summed E-state index contributed by atoms with van der Waals surface area (Å²) in [5.41, 5.74) is 2.81. The number of carbonyl (C=O) groups is 2. The average molecular weight is 468 g/mol. The molecule has 0 unspecified atom stereocenters. The van der Waals surface area contributed by atoms with Gasteiger partial charge >= 0.3 is 5.97 Å². The molecule has 6 atom stereocenters. The number of carbonyl (C=O) groups excluding carboxylic acids is 1. The van der Waals surface area contributed by atoms with Crippen molar-refractivity contribution in [3.05, 3.63) is 70.5 Å². The highest BCUT2D eigenvalue weighted by atomic mass is 16.4. The summed E-state index contributed by atoms with van der Waals surface area (Å²) in [6.45, 7) is 13.6. The van der Waals surface area contributed by atoms with E-state index in [0.29, 0.717) is 36.1 Å². The third-order valence-corrected chi connectivity index (χ3v) is 7.97. The second-order valence-electron chi connectivity index (χ2n) is 9.94. The minimum Gasteiger partial charge on any atom is -0.481 e. The Hall–Kier alpha value is -2.70. The molecule has 0 fully saturated rings. The Kier molecular flexibility index (Phi) is 7.53. The van der Waals surface area contributed by atoms with Crippen molar-refractivity contribution in [3.8, 4) is 0 Å². The largest absolute Gasteiger partial charge is 0.481 e. The standard InChI is InChI=1S/C28H37NO5/c1-7-20(30)15(2)11-9-8-10-12-16(3)28(6)19-13-14-21(31)17(4)22(19)24-23(25(28)27(33)34)18(5)29-26(24)32/h8-12,15,17,20-21,25,30-31H,5,7,13-14H2,1-4,6H3,(H,29,32)(H,33,34)/b10-8+,11-9?,16-12+/t15-,17-,20+,21+,25-,28+/m0/s1. The molecule has 6 nitrogen and oxygen atoms in total. The maximum absolute atomic E-state index is 12.9. The van der Waals surface area contributed by atoms with Crippen molar-refractivity contribution < 1.29 is 24.9 Å². The Bertz CT molecular complexity index is 1040. The fourth-order valence-corrected chi connectivity index (χ4v) is 5.66. The highest BCUT2D eigenvalue weighted by molar-refractivity contribution is 6.07. The second kappa shape index (κ2) is 9.88. The van der Waals surface area contributed by atoms with Crippen molar-refractivity contribution in [2.75, 3.05) is 0 Å². The number of allylic oxidation sites excluding steroid dienone is 7. The van der Waals surface area contributed by atoms with E-state index >= 15 is 0 Å². The zero-order valence-electron chi connectivity index (χ0n) is 20.8. The predicted octanol–water partition coefficient (Wildman–Crippen LogP) is 4.20. The topological polar surface area (TPSA) is 107 Å². The van der Waals surface area contributed by atoms with Crippen LogP contribution in [0.15, 0.2) is 70.5 Å². The molecule has 1 amide bonds. The molecule has 0 bridgehead atoms. The van der Waals surface area contributed by atoms with E-state index in [0.717, 1.165) is 16.7 Å². The smallest absolute Gasteiger partial charge is 0.312 e. The number of carboxylic acids is 1. The summed E-state index contributed by atoms with van der Waals surface area (Å²) >= 11 is 0. The van der Waals surface area contributed by atoms with Gasteiger partial charge in [-0.25, -0.2) is 0 Å². The lowest BCUT2D eigenvalue weighted by molar-refractivity contribution is -0.143. The van der Waals surface area contributed by atoms with Gasteiger partial charge in [0, 0.05) is 34.1 Å². The van der Waals surface area contributed by atoms with Gasteiger partial charge in [0.25, 0.3) is 5.91 Å². The quantitative estimate of drug-likeness (QED) is 0.420. The Morgan fingerprint density at radius 1 is 1.29 bits per heavy atom. The van der Waals surface area contributed by atoms with Crippen molar-refractivity contribution in [2.24, 2.45) is 23.2 Å². The van der Waals surface area contributed by atoms with Crippen molar-refractivity contribution in [2.45, 2.75) is 66.1 Å². The Balaban J connectivity index is 2.09. The molecule has 0 saturated heterocycles. The number of nitrogens with one attached hydrogen (secondary N) is 1. The zero-order valence-corrected chi connectivity index (χ0v) is 20.8. The number of hydrogen-bond donors (Lipinski definition) is 4. The summed E-state index contributed by atoms with van der Waals surface area (Å²) in [5.74, 6) is -2.54. The number of aliphatic hydroxyl groups is 2. The van der Waals surface area contributed by atoms with Gasteiger partial charge in [0.2, 0.25) is 0 Å². The van der Waals surface area contributed by atoms with Gasteiger partial charge in [-0.05, 0) is 31.8 Å². The second-order valence-corrected chi connectivity index (χ2v) is 9.94. The summed E-state index contributed by atoms with van der Waals surface area (Å²) in [6, 6.07) is 0. The van der Waals surface area contributed by atoms with Crippen molar-refractivity contribution in [1.29, 1.82) is 0 Å². The number of aliphatic hydroxyl groups excluding tert-OH is 2. The van der Waals surface area contributed by atoms with E-state index in [1.54, 1.807) is 0 Å². The summed E-state index contributed by atoms with van der Waals surface area (Å²) < 4.78 is 0. The highest BCUT2D eigenvalue weighted by Gasteiger charge is 2.55. The Morgan fingerprint density at radius 2 is 1.97 bits per heavy atom. The van der Waals surface area contributed by atoms with Crippen LogP contribution >= 0.6 is 0 Å². The normalized spacial score (nSPS) is 31.7. The molecule has 0 spiro atoms. The SMILES string of the molecule is C=C1NC(=O)C2=C1[C@@H](C(=O)O)[C@](C)(/C(C)=C/C=C/C=C[C@H](C)[C@H](O)CC)C1=C2[C@@H](C)[C@H](O)CC1. The van der Waals surface area contributed by atoms with E-state index in [2.05, 4.69) is 11.9 Å². The molecule has 0 saturated carbocycles. The van der Waals surface area contributed by atoms with E-state index in [1.807, 2.05) is 65.0 Å². The van der Waals surface area contributed by atoms with Gasteiger partial charge in [-0.2, -0.15) is 0 Å². The van der Waals surface area contributed by atoms with Gasteiger partial charge in [0.1, 0.15) is 0 Å². The van der Waals surface area contributed by atoms with Crippen LogP contribution in [0.25, 0.3) is 0 Å². The van der Waals surface area contributed by atoms with Gasteiger partial charge < -0.3 is 20.6 Å². The van der Waals surface area contributed by atoms with Crippen LogP contribution in [0.1, 0.15) is 53.9 Å². The lowest BCUT2D eigenvalue weighted by Crippen LogP contribution is -2.44. The number of rotatable bonds is 7. The van der Waals surface area contributed by atoms with Crippen LogP contribution in [0.5, 0.6) is 0 Å². The van der Waals surface area contributed by atoms with Crippen LogP contribution < -0.4 is 5.32 Å². The number of hydrogen-bond acceptors (Lipinski definition) is 4. The first-order valence-corrected chi connectivity index (χ1v) is 12.1. The molecule has 0 aromatic heterocycles. The molecule has 3 rings (SSSR count). The van der Waals surface area contributed by atoms with Gasteiger partial charge in [0.15, 0.2) is 0 Å². The molecule has 2 aliphatic carbocycles. The fourth-order valence-electron chi connectivity index (χ4n) is 5.66. The maximum atomic E-state index is 12.9. The van der Waals surface area contributed by atoms with Crippen LogP contribution in [0.4, 0.5) is 0 Å². The molecular formula is C28H37NO5. The van der Waals surface area contributed by atoms with Gasteiger partial charge in [-0.15, -0.1) is 0 Å². The van der Waals surface area contributed by atoms with Crippen LogP contribution in [-0.2, 0) is 9.59 Å². The first kappa shape index (κ1) is 25.9. The van der Waals surface area contributed by atoms with E-state index in [1.165, 1.54) is 0 Å². The summed E-state index contributed by atoms with van der Waals surface area (Å²) in [7, 11) is 0. The average Bonchev–Trinajstić information content (AvgIpc) is 3.07. The molecular weight excluding hydrogens is 430 g/mol. The number of aliphatic carboxylic acids is 1. The van der Waals surface area contributed by atoms with Crippen LogP contribution in [-0.4, -0.2) is 39.4 Å². The van der Waals surface area contributed by atoms with Crippen LogP contribution in [0, 0.1) is 23.2 Å². The van der Waals surface area contributed by atoms with Crippen LogP contribution in [0.2, 0.25) is 0 Å². The van der Waals surface area contributed by atoms with Gasteiger partial charge in [0.05, 0.1) is 18.1 Å².